The van der Waals surface area contributed by atoms with Gasteiger partial charge in [-0.2, -0.15) is 5.10 Å². The van der Waals surface area contributed by atoms with Crippen molar-refractivity contribution in [1.82, 2.24) is 14.9 Å². The molecule has 0 aliphatic heterocycles. The number of benzene rings is 1. The first-order valence-corrected chi connectivity index (χ1v) is 10.2. The molecule has 1 N–H and O–H groups in total. The van der Waals surface area contributed by atoms with Gasteiger partial charge in [0.15, 0.2) is 5.76 Å². The fourth-order valence-electron chi connectivity index (χ4n) is 3.06. The average molecular weight is 420 g/mol. The van der Waals surface area contributed by atoms with Gasteiger partial charge in [-0.15, -0.1) is 11.3 Å². The van der Waals surface area contributed by atoms with Crippen molar-refractivity contribution >= 4 is 22.9 Å². The number of hydrogen-bond donors (Lipinski definition) is 1. The second-order valence-electron chi connectivity index (χ2n) is 7.01. The normalized spacial score (nSPS) is 10.9. The molecular formula is C22H20N4O3S. The molecule has 0 radical (unpaired) electrons. The Morgan fingerprint density at radius 3 is 2.60 bits per heavy atom. The van der Waals surface area contributed by atoms with Crippen LogP contribution < -0.4 is 10.9 Å². The maximum absolute atomic E-state index is 12.7. The number of nitrogens with one attached hydrogen (secondary N) is 1. The lowest BCUT2D eigenvalue weighted by Gasteiger charge is -2.11. The Balaban J connectivity index is 1.71. The van der Waals surface area contributed by atoms with E-state index in [4.69, 9.17) is 4.52 Å². The third kappa shape index (κ3) is 4.08. The number of para-hydroxylation sites is 1. The van der Waals surface area contributed by atoms with Crippen molar-refractivity contribution in [3.05, 3.63) is 75.0 Å². The number of carbonyl (C=O) groups excluding carboxylic acids is 1. The van der Waals surface area contributed by atoms with E-state index in [1.165, 1.54) is 10.7 Å². The van der Waals surface area contributed by atoms with Gasteiger partial charge in [0.1, 0.15) is 12.2 Å². The molecule has 0 unspecified atom stereocenters. The van der Waals surface area contributed by atoms with E-state index in [0.29, 0.717) is 28.4 Å². The van der Waals surface area contributed by atoms with E-state index in [-0.39, 0.29) is 12.5 Å². The van der Waals surface area contributed by atoms with Crippen LogP contribution in [0.25, 0.3) is 21.9 Å². The molecule has 0 aliphatic rings. The lowest BCUT2D eigenvalue weighted by atomic mass is 10.1. The molecule has 4 aromatic rings. The summed E-state index contributed by atoms with van der Waals surface area (Å²) in [5.41, 5.74) is 3.09. The Morgan fingerprint density at radius 1 is 1.13 bits per heavy atom. The van der Waals surface area contributed by atoms with E-state index in [9.17, 15) is 9.59 Å². The standard InChI is InChI=1S/C22H20N4O3S/c1-13-6-4-5-7-17(13)23-20(27)12-26-21(28)11-16(18-10-14(2)25-29-18)22(24-26)19-9-8-15(3)30-19/h4-11H,12H2,1-3H3,(H,23,27). The van der Waals surface area contributed by atoms with Crippen LogP contribution in [0.5, 0.6) is 0 Å². The van der Waals surface area contributed by atoms with Crippen molar-refractivity contribution < 1.29 is 9.32 Å². The molecule has 7 nitrogen and oxygen atoms in total. The molecule has 30 heavy (non-hydrogen) atoms. The highest BCUT2D eigenvalue weighted by atomic mass is 32.1. The molecule has 3 aromatic heterocycles. The molecule has 0 atom stereocenters. The summed E-state index contributed by atoms with van der Waals surface area (Å²) in [5.74, 6) is 0.144. The third-order valence-electron chi connectivity index (χ3n) is 4.58. The van der Waals surface area contributed by atoms with E-state index in [1.54, 1.807) is 17.4 Å². The highest BCUT2D eigenvalue weighted by Crippen LogP contribution is 2.33. The summed E-state index contributed by atoms with van der Waals surface area (Å²) in [6, 6.07) is 14.6. The summed E-state index contributed by atoms with van der Waals surface area (Å²) in [4.78, 5) is 27.3. The van der Waals surface area contributed by atoms with Gasteiger partial charge in [-0.3, -0.25) is 9.59 Å². The quantitative estimate of drug-likeness (QED) is 0.523. The molecule has 0 spiro atoms. The van der Waals surface area contributed by atoms with Crippen LogP contribution >= 0.6 is 11.3 Å². The molecule has 0 saturated carbocycles. The summed E-state index contributed by atoms with van der Waals surface area (Å²) >= 11 is 1.55. The lowest BCUT2D eigenvalue weighted by molar-refractivity contribution is -0.117. The topological polar surface area (TPSA) is 90.0 Å². The van der Waals surface area contributed by atoms with Crippen LogP contribution in [0.4, 0.5) is 5.69 Å². The van der Waals surface area contributed by atoms with Crippen LogP contribution in [0.2, 0.25) is 0 Å². The Labute approximate surface area is 177 Å². The van der Waals surface area contributed by atoms with Gasteiger partial charge in [-0.05, 0) is 44.5 Å². The van der Waals surface area contributed by atoms with Crippen LogP contribution in [0.3, 0.4) is 0 Å². The van der Waals surface area contributed by atoms with Crippen molar-refractivity contribution in [3.63, 3.8) is 0 Å². The number of hydrogen-bond acceptors (Lipinski definition) is 6. The highest BCUT2D eigenvalue weighted by molar-refractivity contribution is 7.15. The molecule has 152 valence electrons. The summed E-state index contributed by atoms with van der Waals surface area (Å²) < 4.78 is 6.55. The van der Waals surface area contributed by atoms with Crippen LogP contribution in [0.1, 0.15) is 16.1 Å². The molecule has 1 amide bonds. The van der Waals surface area contributed by atoms with Crippen LogP contribution in [-0.2, 0) is 11.3 Å². The highest BCUT2D eigenvalue weighted by Gasteiger charge is 2.19. The van der Waals surface area contributed by atoms with Crippen LogP contribution in [-0.4, -0.2) is 20.8 Å². The fourth-order valence-corrected chi connectivity index (χ4v) is 3.93. The summed E-state index contributed by atoms with van der Waals surface area (Å²) in [6.07, 6.45) is 0. The van der Waals surface area contributed by atoms with Crippen molar-refractivity contribution in [2.24, 2.45) is 0 Å². The largest absolute Gasteiger partial charge is 0.356 e. The van der Waals surface area contributed by atoms with E-state index in [2.05, 4.69) is 15.6 Å². The SMILES string of the molecule is Cc1cc(-c2cc(=O)n(CC(=O)Nc3ccccc3C)nc2-c2ccc(C)s2)on1. The number of anilines is 1. The van der Waals surface area contributed by atoms with Gasteiger partial charge in [0.05, 0.1) is 16.1 Å². The fraction of sp³-hybridized carbons (Fsp3) is 0.182. The summed E-state index contributed by atoms with van der Waals surface area (Å²) in [5, 5.41) is 11.3. The maximum atomic E-state index is 12.7. The molecule has 0 fully saturated rings. The average Bonchev–Trinajstić information content (AvgIpc) is 3.33. The Kier molecular flexibility index (Phi) is 5.33. The molecule has 0 aliphatic carbocycles. The zero-order chi connectivity index (χ0) is 21.3. The molecule has 3 heterocycles. The molecule has 4 rings (SSSR count). The third-order valence-corrected chi connectivity index (χ3v) is 5.59. The monoisotopic (exact) mass is 420 g/mol. The Hall–Kier alpha value is -3.52. The maximum Gasteiger partial charge on any atom is 0.268 e. The second kappa shape index (κ2) is 8.08. The molecule has 8 heteroatoms. The zero-order valence-corrected chi connectivity index (χ0v) is 17.6. The number of aryl methyl sites for hydroxylation is 3. The summed E-state index contributed by atoms with van der Waals surface area (Å²) in [6.45, 7) is 5.52. The van der Waals surface area contributed by atoms with Crippen molar-refractivity contribution in [1.29, 1.82) is 0 Å². The molecular weight excluding hydrogens is 400 g/mol. The predicted molar refractivity (Wildman–Crippen MR) is 117 cm³/mol. The van der Waals surface area contributed by atoms with Crippen molar-refractivity contribution in [3.8, 4) is 21.9 Å². The van der Waals surface area contributed by atoms with Gasteiger partial charge in [0, 0.05) is 22.7 Å². The minimum Gasteiger partial charge on any atom is -0.356 e. The Morgan fingerprint density at radius 2 is 1.93 bits per heavy atom. The number of nitrogens with zero attached hydrogens (tertiary/aromatic N) is 3. The Bertz CT molecular complexity index is 1290. The van der Waals surface area contributed by atoms with Gasteiger partial charge in [0.2, 0.25) is 5.91 Å². The van der Waals surface area contributed by atoms with E-state index in [0.717, 1.165) is 15.3 Å². The van der Waals surface area contributed by atoms with Gasteiger partial charge in [-0.1, -0.05) is 23.4 Å². The van der Waals surface area contributed by atoms with Crippen LogP contribution in [0, 0.1) is 20.8 Å². The summed E-state index contributed by atoms with van der Waals surface area (Å²) in [7, 11) is 0. The van der Waals surface area contributed by atoms with E-state index >= 15 is 0 Å². The predicted octanol–water partition coefficient (Wildman–Crippen LogP) is 4.19. The van der Waals surface area contributed by atoms with Crippen molar-refractivity contribution in [2.45, 2.75) is 27.3 Å². The number of carbonyl (C=O) groups is 1. The smallest absolute Gasteiger partial charge is 0.268 e. The van der Waals surface area contributed by atoms with Gasteiger partial charge >= 0.3 is 0 Å². The first-order chi connectivity index (χ1) is 14.4. The number of amides is 1. The van der Waals surface area contributed by atoms with Crippen molar-refractivity contribution in [2.75, 3.05) is 5.32 Å². The van der Waals surface area contributed by atoms with Crippen LogP contribution in [0.15, 0.2) is 57.8 Å². The lowest BCUT2D eigenvalue weighted by Crippen LogP contribution is -2.30. The first kappa shape index (κ1) is 19.8. The van der Waals surface area contributed by atoms with Gasteiger partial charge < -0.3 is 9.84 Å². The molecule has 1 aromatic carbocycles. The minimum absolute atomic E-state index is 0.194. The van der Waals surface area contributed by atoms with E-state index in [1.807, 2.05) is 57.2 Å². The second-order valence-corrected chi connectivity index (χ2v) is 8.30. The minimum atomic E-state index is -0.393. The zero-order valence-electron chi connectivity index (χ0n) is 16.8. The molecule has 0 saturated heterocycles. The number of thiophene rings is 1. The first-order valence-electron chi connectivity index (χ1n) is 9.39. The van der Waals surface area contributed by atoms with Gasteiger partial charge in [0.25, 0.3) is 5.56 Å². The van der Waals surface area contributed by atoms with Gasteiger partial charge in [-0.25, -0.2) is 4.68 Å². The number of rotatable bonds is 5. The molecule has 0 bridgehead atoms. The number of aromatic nitrogens is 3. The van der Waals surface area contributed by atoms with E-state index < -0.39 is 5.56 Å².